The lowest BCUT2D eigenvalue weighted by Gasteiger charge is -2.07. The highest BCUT2D eigenvalue weighted by atomic mass is 19.1. The Kier molecular flexibility index (Phi) is 3.50. The van der Waals surface area contributed by atoms with E-state index in [-0.39, 0.29) is 12.2 Å². The molecule has 0 atom stereocenters. The number of carbonyl (C=O) groups is 1. The maximum atomic E-state index is 13.5. The van der Waals surface area contributed by atoms with Gasteiger partial charge in [-0.05, 0) is 23.3 Å². The first-order valence-corrected chi connectivity index (χ1v) is 7.63. The molecule has 0 heterocycles. The molecule has 0 saturated heterocycles. The molecule has 0 radical (unpaired) electrons. The first kappa shape index (κ1) is 14.5. The fraction of sp³-hybridized carbons (Fsp3) is 0.0500. The molecule has 2 aliphatic carbocycles. The summed E-state index contributed by atoms with van der Waals surface area (Å²) in [5, 5.41) is 8.56. The number of fused-ring (bicyclic) bond motifs is 3. The van der Waals surface area contributed by atoms with Gasteiger partial charge in [-0.15, -0.1) is 5.10 Å². The highest BCUT2D eigenvalue weighted by molar-refractivity contribution is 6.25. The quantitative estimate of drug-likeness (QED) is 0.515. The predicted octanol–water partition coefficient (Wildman–Crippen LogP) is 4.24. The fourth-order valence-electron chi connectivity index (χ4n) is 3.01. The number of allylic oxidation sites excluding steroid dienone is 4. The zero-order valence-corrected chi connectivity index (χ0v) is 12.7. The van der Waals surface area contributed by atoms with E-state index in [4.69, 9.17) is 0 Å². The van der Waals surface area contributed by atoms with E-state index in [1.54, 1.807) is 0 Å². The molecule has 2 aromatic carbocycles. The standard InChI is InChI=1S/C20H13FN2O/c21-14-10-9-13(12-24)19(11-14)22-23-20-17-7-3-1-5-15(17)16-6-2-4-8-18(16)20/h1-10,12H,11H2. The van der Waals surface area contributed by atoms with E-state index in [9.17, 15) is 9.18 Å². The lowest BCUT2D eigenvalue weighted by atomic mass is 10.0. The summed E-state index contributed by atoms with van der Waals surface area (Å²) < 4.78 is 13.5. The summed E-state index contributed by atoms with van der Waals surface area (Å²) in [4.78, 5) is 11.1. The maximum Gasteiger partial charge on any atom is 0.151 e. The van der Waals surface area contributed by atoms with Gasteiger partial charge in [-0.1, -0.05) is 48.5 Å². The molecule has 2 aromatic rings. The van der Waals surface area contributed by atoms with Crippen LogP contribution in [0.1, 0.15) is 17.5 Å². The number of aldehydes is 1. The number of carbonyl (C=O) groups excluding carboxylic acids is 1. The summed E-state index contributed by atoms with van der Waals surface area (Å²) >= 11 is 0. The van der Waals surface area contributed by atoms with Crippen LogP contribution in [0.15, 0.2) is 82.3 Å². The van der Waals surface area contributed by atoms with Crippen molar-refractivity contribution in [2.24, 2.45) is 10.2 Å². The Morgan fingerprint density at radius 3 is 2.00 bits per heavy atom. The Bertz CT molecular complexity index is 920. The van der Waals surface area contributed by atoms with Crippen LogP contribution in [0.25, 0.3) is 11.1 Å². The van der Waals surface area contributed by atoms with E-state index in [1.165, 1.54) is 12.2 Å². The van der Waals surface area contributed by atoms with Gasteiger partial charge in [0, 0.05) is 23.1 Å². The Labute approximate surface area is 138 Å². The van der Waals surface area contributed by atoms with Crippen LogP contribution in [0.4, 0.5) is 4.39 Å². The van der Waals surface area contributed by atoms with Crippen molar-refractivity contribution in [2.45, 2.75) is 6.42 Å². The maximum absolute atomic E-state index is 13.5. The minimum absolute atomic E-state index is 0.00928. The fourth-order valence-corrected chi connectivity index (χ4v) is 3.01. The van der Waals surface area contributed by atoms with Crippen molar-refractivity contribution in [3.8, 4) is 11.1 Å². The third-order valence-electron chi connectivity index (χ3n) is 4.17. The predicted molar refractivity (Wildman–Crippen MR) is 92.9 cm³/mol. The van der Waals surface area contributed by atoms with Crippen molar-refractivity contribution in [1.29, 1.82) is 0 Å². The monoisotopic (exact) mass is 316 g/mol. The zero-order chi connectivity index (χ0) is 16.5. The first-order chi connectivity index (χ1) is 11.8. The summed E-state index contributed by atoms with van der Waals surface area (Å²) in [7, 11) is 0. The molecule has 0 saturated carbocycles. The van der Waals surface area contributed by atoms with Crippen LogP contribution in [-0.2, 0) is 4.79 Å². The third kappa shape index (κ3) is 2.33. The van der Waals surface area contributed by atoms with E-state index in [2.05, 4.69) is 10.2 Å². The Morgan fingerprint density at radius 2 is 1.42 bits per heavy atom. The average Bonchev–Trinajstić information content (AvgIpc) is 2.94. The minimum atomic E-state index is -0.327. The summed E-state index contributed by atoms with van der Waals surface area (Å²) in [5.41, 5.74) is 5.65. The Morgan fingerprint density at radius 1 is 0.833 bits per heavy atom. The van der Waals surface area contributed by atoms with Gasteiger partial charge >= 0.3 is 0 Å². The molecule has 0 amide bonds. The van der Waals surface area contributed by atoms with Crippen molar-refractivity contribution in [3.05, 3.63) is 83.2 Å². The van der Waals surface area contributed by atoms with Crippen LogP contribution in [0.5, 0.6) is 0 Å². The third-order valence-corrected chi connectivity index (χ3v) is 4.17. The molecule has 4 heteroatoms. The summed E-state index contributed by atoms with van der Waals surface area (Å²) in [6, 6.07) is 15.9. The van der Waals surface area contributed by atoms with Crippen LogP contribution < -0.4 is 0 Å². The molecule has 24 heavy (non-hydrogen) atoms. The highest BCUT2D eigenvalue weighted by Gasteiger charge is 2.24. The number of nitrogens with zero attached hydrogens (tertiary/aromatic N) is 2. The molecule has 4 rings (SSSR count). The molecule has 2 aliphatic rings. The van der Waals surface area contributed by atoms with E-state index in [0.29, 0.717) is 17.6 Å². The minimum Gasteiger partial charge on any atom is -0.298 e. The van der Waals surface area contributed by atoms with E-state index < -0.39 is 0 Å². The normalized spacial score (nSPS) is 17.0. The van der Waals surface area contributed by atoms with Gasteiger partial charge in [-0.25, -0.2) is 4.39 Å². The molecule has 0 aliphatic heterocycles. The number of benzene rings is 2. The SMILES string of the molecule is O=CC1=CC=C(F)CC1=NN=C1c2ccccc2-c2ccccc21. The average molecular weight is 316 g/mol. The summed E-state index contributed by atoms with van der Waals surface area (Å²) in [6.07, 6.45) is 3.39. The first-order valence-electron chi connectivity index (χ1n) is 7.63. The lowest BCUT2D eigenvalue weighted by molar-refractivity contribution is -0.104. The van der Waals surface area contributed by atoms with Crippen molar-refractivity contribution in [3.63, 3.8) is 0 Å². The van der Waals surface area contributed by atoms with Crippen LogP contribution >= 0.6 is 0 Å². The van der Waals surface area contributed by atoms with E-state index in [0.717, 1.165) is 28.0 Å². The van der Waals surface area contributed by atoms with E-state index in [1.807, 2.05) is 48.5 Å². The molecule has 3 nitrogen and oxygen atoms in total. The second-order valence-corrected chi connectivity index (χ2v) is 5.62. The van der Waals surface area contributed by atoms with Gasteiger partial charge in [-0.3, -0.25) is 4.79 Å². The molecule has 0 unspecified atom stereocenters. The Hall–Kier alpha value is -3.14. The second kappa shape index (κ2) is 5.81. The molecule has 0 N–H and O–H groups in total. The van der Waals surface area contributed by atoms with Crippen LogP contribution in [0.2, 0.25) is 0 Å². The van der Waals surface area contributed by atoms with Gasteiger partial charge in [0.1, 0.15) is 11.5 Å². The summed E-state index contributed by atoms with van der Waals surface area (Å²) in [6.45, 7) is 0. The van der Waals surface area contributed by atoms with Gasteiger partial charge in [0.25, 0.3) is 0 Å². The van der Waals surface area contributed by atoms with Crippen molar-refractivity contribution in [1.82, 2.24) is 0 Å². The van der Waals surface area contributed by atoms with E-state index >= 15 is 0 Å². The smallest absolute Gasteiger partial charge is 0.151 e. The van der Waals surface area contributed by atoms with Crippen LogP contribution in [0.3, 0.4) is 0 Å². The second-order valence-electron chi connectivity index (χ2n) is 5.62. The van der Waals surface area contributed by atoms with Crippen molar-refractivity contribution < 1.29 is 9.18 Å². The zero-order valence-electron chi connectivity index (χ0n) is 12.7. The van der Waals surface area contributed by atoms with Gasteiger partial charge in [-0.2, -0.15) is 5.10 Å². The molecule has 0 aromatic heterocycles. The number of rotatable bonds is 2. The molecule has 116 valence electrons. The van der Waals surface area contributed by atoms with Crippen LogP contribution in [0, 0.1) is 0 Å². The number of hydrogen-bond acceptors (Lipinski definition) is 3. The van der Waals surface area contributed by atoms with Gasteiger partial charge in [0.15, 0.2) is 6.29 Å². The summed E-state index contributed by atoms with van der Waals surface area (Å²) in [5.74, 6) is -0.327. The molecule has 0 spiro atoms. The van der Waals surface area contributed by atoms with Crippen molar-refractivity contribution >= 4 is 17.7 Å². The topological polar surface area (TPSA) is 41.8 Å². The van der Waals surface area contributed by atoms with Crippen LogP contribution in [-0.4, -0.2) is 17.7 Å². The number of halogens is 1. The molecular weight excluding hydrogens is 303 g/mol. The largest absolute Gasteiger partial charge is 0.298 e. The van der Waals surface area contributed by atoms with Gasteiger partial charge < -0.3 is 0 Å². The van der Waals surface area contributed by atoms with Gasteiger partial charge in [0.05, 0.1) is 5.71 Å². The van der Waals surface area contributed by atoms with Crippen molar-refractivity contribution in [2.75, 3.05) is 0 Å². The molecular formula is C20H13FN2O. The van der Waals surface area contributed by atoms with Gasteiger partial charge in [0.2, 0.25) is 0 Å². The lowest BCUT2D eigenvalue weighted by Crippen LogP contribution is -2.08. The number of hydrogen-bond donors (Lipinski definition) is 0. The molecule has 0 fully saturated rings. The Balaban J connectivity index is 1.84. The highest BCUT2D eigenvalue weighted by Crippen LogP contribution is 2.36. The molecule has 0 bridgehead atoms.